The van der Waals surface area contributed by atoms with E-state index in [1.807, 2.05) is 23.1 Å². The standard InChI is InChI=1S/C28H29ClF4N2O2/c1-26(30,28(31,32)33)19-7-8-21-18(15-19)6-10-23-27(21,16-17-4-3-5-20(29)14-17)12-13-35(23)25(37)22-9-11-24(36)34(22)2/h3-5,7-8,14-15,22-23H,6,9-13,16H2,1-2H3/t22-,23?,26?,27?/m0/s1. The van der Waals surface area contributed by atoms with Crippen molar-refractivity contribution in [2.45, 2.75) is 74.8 Å². The number of halogens is 5. The smallest absolute Gasteiger partial charge is 0.337 e. The second kappa shape index (κ2) is 9.00. The first kappa shape index (κ1) is 26.0. The molecule has 2 heterocycles. The van der Waals surface area contributed by atoms with Crippen molar-refractivity contribution in [2.75, 3.05) is 13.6 Å². The SMILES string of the molecule is CN1C(=O)CC[C@H]1C(=O)N1CCC2(Cc3cccc(Cl)c3)c3ccc(C(C)(F)C(F)(F)F)cc3CCC12. The Morgan fingerprint density at radius 1 is 1.11 bits per heavy atom. The van der Waals surface area contributed by atoms with E-state index in [0.717, 1.165) is 11.1 Å². The molecule has 2 aliphatic heterocycles. The Morgan fingerprint density at radius 2 is 1.86 bits per heavy atom. The van der Waals surface area contributed by atoms with Gasteiger partial charge < -0.3 is 9.80 Å². The minimum absolute atomic E-state index is 0.0526. The van der Waals surface area contributed by atoms with E-state index in [4.69, 9.17) is 11.6 Å². The summed E-state index contributed by atoms with van der Waals surface area (Å²) in [5.41, 5.74) is -1.92. The average molecular weight is 537 g/mol. The Morgan fingerprint density at radius 3 is 2.51 bits per heavy atom. The third-order valence-corrected chi connectivity index (χ3v) is 8.92. The van der Waals surface area contributed by atoms with Crippen molar-refractivity contribution in [3.05, 3.63) is 69.7 Å². The molecule has 0 radical (unpaired) electrons. The van der Waals surface area contributed by atoms with Gasteiger partial charge in [-0.15, -0.1) is 0 Å². The molecule has 0 spiro atoms. The molecular weight excluding hydrogens is 508 g/mol. The first-order valence-electron chi connectivity index (χ1n) is 12.6. The second-order valence-electron chi connectivity index (χ2n) is 10.7. The maximum absolute atomic E-state index is 14.8. The number of carbonyl (C=O) groups excluding carboxylic acids is 2. The predicted molar refractivity (Wildman–Crippen MR) is 132 cm³/mol. The summed E-state index contributed by atoms with van der Waals surface area (Å²) in [5.74, 6) is -0.136. The van der Waals surface area contributed by atoms with Gasteiger partial charge in [0.1, 0.15) is 6.04 Å². The molecule has 37 heavy (non-hydrogen) atoms. The van der Waals surface area contributed by atoms with Crippen LogP contribution in [0.15, 0.2) is 42.5 Å². The van der Waals surface area contributed by atoms with Gasteiger partial charge >= 0.3 is 6.18 Å². The molecule has 4 nitrogen and oxygen atoms in total. The molecule has 0 N–H and O–H groups in total. The summed E-state index contributed by atoms with van der Waals surface area (Å²) in [7, 11) is 1.65. The van der Waals surface area contributed by atoms with Gasteiger partial charge in [-0.25, -0.2) is 4.39 Å². The molecule has 1 aliphatic carbocycles. The minimum atomic E-state index is -5.03. The van der Waals surface area contributed by atoms with Gasteiger partial charge in [0.25, 0.3) is 0 Å². The van der Waals surface area contributed by atoms with Gasteiger partial charge in [0.05, 0.1) is 0 Å². The normalized spacial score (nSPS) is 27.2. The third-order valence-electron chi connectivity index (χ3n) is 8.69. The molecule has 2 aromatic carbocycles. The second-order valence-corrected chi connectivity index (χ2v) is 11.2. The first-order valence-corrected chi connectivity index (χ1v) is 12.9. The fraction of sp³-hybridized carbons (Fsp3) is 0.500. The molecule has 2 amide bonds. The van der Waals surface area contributed by atoms with Crippen LogP contribution in [0.2, 0.25) is 5.02 Å². The number of carbonyl (C=O) groups is 2. The van der Waals surface area contributed by atoms with Crippen LogP contribution in [-0.4, -0.2) is 53.5 Å². The Hall–Kier alpha value is -2.61. The monoisotopic (exact) mass is 536 g/mol. The Bertz CT molecular complexity index is 1250. The molecule has 4 atom stereocenters. The zero-order chi connectivity index (χ0) is 26.8. The van der Waals surface area contributed by atoms with E-state index in [-0.39, 0.29) is 17.9 Å². The maximum Gasteiger partial charge on any atom is 0.426 e. The van der Waals surface area contributed by atoms with Gasteiger partial charge in [0, 0.05) is 36.5 Å². The molecule has 9 heteroatoms. The van der Waals surface area contributed by atoms with E-state index >= 15 is 0 Å². The minimum Gasteiger partial charge on any atom is -0.337 e. The van der Waals surface area contributed by atoms with Crippen LogP contribution in [0.4, 0.5) is 17.6 Å². The lowest BCUT2D eigenvalue weighted by Gasteiger charge is -2.44. The van der Waals surface area contributed by atoms with Crippen LogP contribution in [0.1, 0.15) is 54.9 Å². The number of hydrogen-bond donors (Lipinski definition) is 0. The van der Waals surface area contributed by atoms with Crippen molar-refractivity contribution in [2.24, 2.45) is 0 Å². The summed E-state index contributed by atoms with van der Waals surface area (Å²) in [6, 6.07) is 11.0. The molecule has 0 aromatic heterocycles. The molecule has 0 bridgehead atoms. The largest absolute Gasteiger partial charge is 0.426 e. The van der Waals surface area contributed by atoms with Crippen molar-refractivity contribution in [1.82, 2.24) is 9.80 Å². The number of alkyl halides is 4. The number of nitrogens with zero attached hydrogens (tertiary/aromatic N) is 2. The van der Waals surface area contributed by atoms with E-state index in [1.165, 1.54) is 17.0 Å². The Balaban J connectivity index is 1.56. The van der Waals surface area contributed by atoms with Crippen molar-refractivity contribution in [3.8, 4) is 0 Å². The molecule has 3 aliphatic rings. The summed E-state index contributed by atoms with van der Waals surface area (Å²) in [4.78, 5) is 29.1. The lowest BCUT2D eigenvalue weighted by Crippen LogP contribution is -2.53. The van der Waals surface area contributed by atoms with Gasteiger partial charge in [0.15, 0.2) is 0 Å². The van der Waals surface area contributed by atoms with E-state index in [2.05, 4.69) is 0 Å². The number of likely N-dealkylation sites (tertiary alicyclic amines) is 2. The molecular formula is C28H29ClF4N2O2. The van der Waals surface area contributed by atoms with Gasteiger partial charge in [-0.2, -0.15) is 13.2 Å². The molecule has 3 unspecified atom stereocenters. The number of aryl methyl sites for hydroxylation is 1. The van der Waals surface area contributed by atoms with E-state index in [0.29, 0.717) is 62.6 Å². The maximum atomic E-state index is 14.8. The number of rotatable bonds is 4. The van der Waals surface area contributed by atoms with Crippen LogP contribution >= 0.6 is 11.6 Å². The van der Waals surface area contributed by atoms with Crippen molar-refractivity contribution >= 4 is 23.4 Å². The molecule has 2 saturated heterocycles. The lowest BCUT2D eigenvalue weighted by atomic mass is 9.63. The third kappa shape index (κ3) is 4.21. The van der Waals surface area contributed by atoms with Gasteiger partial charge in [0.2, 0.25) is 17.5 Å². The fourth-order valence-corrected chi connectivity index (χ4v) is 6.80. The Kier molecular flexibility index (Phi) is 6.33. The predicted octanol–water partition coefficient (Wildman–Crippen LogP) is 5.74. The van der Waals surface area contributed by atoms with Crippen LogP contribution in [0.25, 0.3) is 0 Å². The average Bonchev–Trinajstić information content (AvgIpc) is 3.37. The summed E-state index contributed by atoms with van der Waals surface area (Å²) < 4.78 is 55.2. The molecule has 2 fully saturated rings. The van der Waals surface area contributed by atoms with Crippen molar-refractivity contribution in [3.63, 3.8) is 0 Å². The van der Waals surface area contributed by atoms with Gasteiger partial charge in [-0.05, 0) is 73.4 Å². The quantitative estimate of drug-likeness (QED) is 0.468. The van der Waals surface area contributed by atoms with Crippen molar-refractivity contribution in [1.29, 1.82) is 0 Å². The van der Waals surface area contributed by atoms with Crippen LogP contribution < -0.4 is 0 Å². The number of hydrogen-bond acceptors (Lipinski definition) is 2. The van der Waals surface area contributed by atoms with E-state index in [1.54, 1.807) is 19.2 Å². The molecule has 2 aromatic rings. The highest BCUT2D eigenvalue weighted by atomic mass is 35.5. The summed E-state index contributed by atoms with van der Waals surface area (Å²) in [6.45, 7) is 1.03. The fourth-order valence-electron chi connectivity index (χ4n) is 6.58. The molecule has 5 rings (SSSR count). The van der Waals surface area contributed by atoms with Gasteiger partial charge in [-0.3, -0.25) is 9.59 Å². The number of benzene rings is 2. The highest BCUT2D eigenvalue weighted by molar-refractivity contribution is 6.30. The van der Waals surface area contributed by atoms with E-state index in [9.17, 15) is 27.2 Å². The van der Waals surface area contributed by atoms with E-state index < -0.39 is 28.9 Å². The van der Waals surface area contributed by atoms with Crippen LogP contribution in [0.5, 0.6) is 0 Å². The van der Waals surface area contributed by atoms with Crippen LogP contribution in [0, 0.1) is 0 Å². The van der Waals surface area contributed by atoms with Gasteiger partial charge in [-0.1, -0.05) is 41.9 Å². The zero-order valence-electron chi connectivity index (χ0n) is 20.7. The number of amides is 2. The first-order chi connectivity index (χ1) is 17.3. The zero-order valence-corrected chi connectivity index (χ0v) is 21.5. The van der Waals surface area contributed by atoms with Crippen molar-refractivity contribution < 1.29 is 27.2 Å². The molecule has 0 saturated carbocycles. The number of fused-ring (bicyclic) bond motifs is 3. The van der Waals surface area contributed by atoms with Crippen LogP contribution in [-0.2, 0) is 33.5 Å². The molecule has 198 valence electrons. The highest BCUT2D eigenvalue weighted by Crippen LogP contribution is 2.51. The van der Waals surface area contributed by atoms with Crippen LogP contribution in [0.3, 0.4) is 0 Å². The number of likely N-dealkylation sites (N-methyl/N-ethyl adjacent to an activating group) is 1. The summed E-state index contributed by atoms with van der Waals surface area (Å²) in [5, 5.41) is 0.576. The summed E-state index contributed by atoms with van der Waals surface area (Å²) in [6.07, 6.45) is -2.08. The highest BCUT2D eigenvalue weighted by Gasteiger charge is 2.56. The summed E-state index contributed by atoms with van der Waals surface area (Å²) >= 11 is 6.26. The topological polar surface area (TPSA) is 40.6 Å². The lowest BCUT2D eigenvalue weighted by molar-refractivity contribution is -0.228. The Labute approximate surface area is 218 Å².